The van der Waals surface area contributed by atoms with E-state index in [1.54, 1.807) is 17.0 Å². The van der Waals surface area contributed by atoms with Crippen LogP contribution in [0.3, 0.4) is 0 Å². The molecular weight excluding hydrogens is 435 g/mol. The number of amides is 1. The maximum atomic E-state index is 13.1. The second-order valence-corrected chi connectivity index (χ2v) is 7.37. The van der Waals surface area contributed by atoms with Gasteiger partial charge in [0.1, 0.15) is 5.82 Å². The Bertz CT molecular complexity index is 923. The van der Waals surface area contributed by atoms with Gasteiger partial charge in [0.05, 0.1) is 24.3 Å². The Morgan fingerprint density at radius 1 is 1.19 bits per heavy atom. The smallest absolute Gasteiger partial charge is 0.417 e. The first-order chi connectivity index (χ1) is 14.7. The van der Waals surface area contributed by atoms with Gasteiger partial charge in [0, 0.05) is 37.9 Å². The number of alkyl halides is 3. The summed E-state index contributed by atoms with van der Waals surface area (Å²) in [6.45, 7) is 4.16. The fourth-order valence-corrected chi connectivity index (χ4v) is 3.67. The lowest BCUT2D eigenvalue weighted by Crippen LogP contribution is -2.35. The lowest BCUT2D eigenvalue weighted by Gasteiger charge is -2.23. The molecule has 0 spiro atoms. The molecule has 3 rings (SSSR count). The van der Waals surface area contributed by atoms with Crippen molar-refractivity contribution < 1.29 is 27.4 Å². The summed E-state index contributed by atoms with van der Waals surface area (Å²) in [5, 5.41) is 0.287. The highest BCUT2D eigenvalue weighted by Crippen LogP contribution is 2.37. The summed E-state index contributed by atoms with van der Waals surface area (Å²) in [5.74, 6) is 1.01. The van der Waals surface area contributed by atoms with Gasteiger partial charge in [-0.1, -0.05) is 11.6 Å². The van der Waals surface area contributed by atoms with Gasteiger partial charge >= 0.3 is 6.18 Å². The Morgan fingerprint density at radius 3 is 2.58 bits per heavy atom. The van der Waals surface area contributed by atoms with Gasteiger partial charge in [-0.15, -0.1) is 0 Å². The van der Waals surface area contributed by atoms with E-state index in [9.17, 15) is 18.0 Å². The molecule has 0 aliphatic carbocycles. The third-order valence-corrected chi connectivity index (χ3v) is 5.23. The number of pyridine rings is 1. The van der Waals surface area contributed by atoms with Crippen molar-refractivity contribution >= 4 is 23.3 Å². The first-order valence-electron chi connectivity index (χ1n) is 9.82. The SMILES string of the molecule is CCOc1c(Cl)cc(C(=O)N2CCCN(c3ccc(C(F)(F)F)cn3)CC2)cc1OC. The molecule has 1 fully saturated rings. The highest BCUT2D eigenvalue weighted by Gasteiger charge is 2.31. The van der Waals surface area contributed by atoms with Crippen molar-refractivity contribution in [3.05, 3.63) is 46.6 Å². The number of rotatable bonds is 5. The van der Waals surface area contributed by atoms with Gasteiger partial charge in [0.2, 0.25) is 0 Å². The van der Waals surface area contributed by atoms with Crippen LogP contribution in [-0.2, 0) is 6.18 Å². The van der Waals surface area contributed by atoms with Gasteiger partial charge in [0.25, 0.3) is 5.91 Å². The van der Waals surface area contributed by atoms with Crippen LogP contribution in [0.2, 0.25) is 5.02 Å². The van der Waals surface area contributed by atoms with Crippen LogP contribution in [-0.4, -0.2) is 55.7 Å². The summed E-state index contributed by atoms with van der Waals surface area (Å²) < 4.78 is 49.1. The van der Waals surface area contributed by atoms with E-state index in [2.05, 4.69) is 4.98 Å². The van der Waals surface area contributed by atoms with E-state index >= 15 is 0 Å². The molecule has 6 nitrogen and oxygen atoms in total. The minimum atomic E-state index is -4.42. The van der Waals surface area contributed by atoms with Gasteiger partial charge in [0.15, 0.2) is 11.5 Å². The van der Waals surface area contributed by atoms with Crippen molar-refractivity contribution in [2.24, 2.45) is 0 Å². The summed E-state index contributed by atoms with van der Waals surface area (Å²) >= 11 is 6.28. The summed E-state index contributed by atoms with van der Waals surface area (Å²) in [6.07, 6.45) is -2.94. The van der Waals surface area contributed by atoms with Gasteiger partial charge in [-0.05, 0) is 37.6 Å². The molecule has 2 heterocycles. The van der Waals surface area contributed by atoms with Crippen LogP contribution >= 0.6 is 11.6 Å². The molecule has 31 heavy (non-hydrogen) atoms. The Morgan fingerprint density at radius 2 is 1.97 bits per heavy atom. The number of carbonyl (C=O) groups is 1. The van der Waals surface area contributed by atoms with Crippen LogP contribution in [0.15, 0.2) is 30.5 Å². The molecule has 1 aromatic heterocycles. The molecule has 1 saturated heterocycles. The summed E-state index contributed by atoms with van der Waals surface area (Å²) in [4.78, 5) is 20.6. The molecule has 1 amide bonds. The quantitative estimate of drug-likeness (QED) is 0.661. The molecule has 0 saturated carbocycles. The van der Waals surface area contributed by atoms with Crippen LogP contribution in [0.25, 0.3) is 0 Å². The lowest BCUT2D eigenvalue weighted by molar-refractivity contribution is -0.137. The van der Waals surface area contributed by atoms with Gasteiger partial charge < -0.3 is 19.3 Å². The predicted molar refractivity (Wildman–Crippen MR) is 111 cm³/mol. The molecule has 0 atom stereocenters. The third-order valence-electron chi connectivity index (χ3n) is 4.95. The highest BCUT2D eigenvalue weighted by molar-refractivity contribution is 6.32. The van der Waals surface area contributed by atoms with Crippen molar-refractivity contribution in [1.29, 1.82) is 0 Å². The summed E-state index contributed by atoms with van der Waals surface area (Å²) in [5.41, 5.74) is -0.407. The van der Waals surface area contributed by atoms with Gasteiger partial charge in [-0.3, -0.25) is 4.79 Å². The molecule has 1 aromatic carbocycles. The zero-order valence-electron chi connectivity index (χ0n) is 17.2. The van der Waals surface area contributed by atoms with E-state index in [0.717, 1.165) is 12.3 Å². The van der Waals surface area contributed by atoms with E-state index < -0.39 is 11.7 Å². The number of ether oxygens (including phenoxy) is 2. The van der Waals surface area contributed by atoms with Crippen molar-refractivity contribution in [2.45, 2.75) is 19.5 Å². The number of halogens is 4. The average molecular weight is 458 g/mol. The average Bonchev–Trinajstić information content (AvgIpc) is 3.00. The second-order valence-electron chi connectivity index (χ2n) is 6.96. The highest BCUT2D eigenvalue weighted by atomic mass is 35.5. The molecule has 0 unspecified atom stereocenters. The van der Waals surface area contributed by atoms with E-state index in [1.807, 2.05) is 11.8 Å². The number of methoxy groups -OCH3 is 1. The van der Waals surface area contributed by atoms with Crippen molar-refractivity contribution in [2.75, 3.05) is 44.8 Å². The molecular formula is C21H23ClF3N3O3. The predicted octanol–water partition coefficient (Wildman–Crippen LogP) is 4.51. The molecule has 2 aromatic rings. The van der Waals surface area contributed by atoms with E-state index in [4.69, 9.17) is 21.1 Å². The standard InChI is InChI=1S/C21H23ClF3N3O3/c1-3-31-19-16(22)11-14(12-17(19)30-2)20(29)28-8-4-7-27(9-10-28)18-6-5-15(13-26-18)21(23,24)25/h5-6,11-13H,3-4,7-10H2,1-2H3. The molecule has 0 bridgehead atoms. The fraction of sp³-hybridized carbons (Fsp3) is 0.429. The second kappa shape index (κ2) is 9.64. The first kappa shape index (κ1) is 23.0. The van der Waals surface area contributed by atoms with Crippen LogP contribution in [0, 0.1) is 0 Å². The minimum Gasteiger partial charge on any atom is -0.493 e. The van der Waals surface area contributed by atoms with E-state index in [0.29, 0.717) is 62.1 Å². The van der Waals surface area contributed by atoms with Crippen LogP contribution in [0.5, 0.6) is 11.5 Å². The minimum absolute atomic E-state index is 0.203. The number of carbonyl (C=O) groups excluding carboxylic acids is 1. The molecule has 168 valence electrons. The topological polar surface area (TPSA) is 54.9 Å². The Balaban J connectivity index is 1.72. The van der Waals surface area contributed by atoms with Crippen LogP contribution < -0.4 is 14.4 Å². The fourth-order valence-electron chi connectivity index (χ4n) is 3.40. The number of aromatic nitrogens is 1. The van der Waals surface area contributed by atoms with Gasteiger partial charge in [-0.2, -0.15) is 13.2 Å². The molecule has 10 heteroatoms. The van der Waals surface area contributed by atoms with Crippen molar-refractivity contribution in [3.8, 4) is 11.5 Å². The van der Waals surface area contributed by atoms with Crippen LogP contribution in [0.4, 0.5) is 19.0 Å². The van der Waals surface area contributed by atoms with Crippen molar-refractivity contribution in [1.82, 2.24) is 9.88 Å². The molecule has 0 radical (unpaired) electrons. The summed E-state index contributed by atoms with van der Waals surface area (Å²) in [6, 6.07) is 5.53. The zero-order chi connectivity index (χ0) is 22.6. The number of hydrogen-bond acceptors (Lipinski definition) is 5. The maximum absolute atomic E-state index is 13.1. The van der Waals surface area contributed by atoms with E-state index in [-0.39, 0.29) is 10.9 Å². The molecule has 1 aliphatic rings. The lowest BCUT2D eigenvalue weighted by atomic mass is 10.1. The summed E-state index contributed by atoms with van der Waals surface area (Å²) in [7, 11) is 1.48. The Labute approximate surface area is 183 Å². The van der Waals surface area contributed by atoms with E-state index in [1.165, 1.54) is 13.2 Å². The maximum Gasteiger partial charge on any atom is 0.417 e. The monoisotopic (exact) mass is 457 g/mol. The molecule has 0 N–H and O–H groups in total. The van der Waals surface area contributed by atoms with Gasteiger partial charge in [-0.25, -0.2) is 4.98 Å². The third kappa shape index (κ3) is 5.33. The number of anilines is 1. The first-order valence-corrected chi connectivity index (χ1v) is 10.2. The zero-order valence-corrected chi connectivity index (χ0v) is 18.0. The number of nitrogens with zero attached hydrogens (tertiary/aromatic N) is 3. The normalized spacial score (nSPS) is 14.9. The Hall–Kier alpha value is -2.68. The number of hydrogen-bond donors (Lipinski definition) is 0. The van der Waals surface area contributed by atoms with Crippen LogP contribution in [0.1, 0.15) is 29.3 Å². The molecule has 1 aliphatic heterocycles. The van der Waals surface area contributed by atoms with Crippen molar-refractivity contribution in [3.63, 3.8) is 0 Å². The number of benzene rings is 1. The Kier molecular flexibility index (Phi) is 7.15. The largest absolute Gasteiger partial charge is 0.493 e.